The van der Waals surface area contributed by atoms with Crippen molar-refractivity contribution in [2.45, 2.75) is 5.92 Å². The number of fused-ring (bicyclic) bond motifs is 1. The molecule has 100 valence electrons. The highest BCUT2D eigenvalue weighted by Gasteiger charge is 2.29. The largest absolute Gasteiger partial charge is 0.492 e. The summed E-state index contributed by atoms with van der Waals surface area (Å²) in [6, 6.07) is 11.6. The number of benzene rings is 1. The minimum Gasteiger partial charge on any atom is -0.492 e. The third kappa shape index (κ3) is 1.77. The van der Waals surface area contributed by atoms with Crippen molar-refractivity contribution in [1.82, 2.24) is 10.1 Å². The Morgan fingerprint density at radius 1 is 1.20 bits per heavy atom. The summed E-state index contributed by atoms with van der Waals surface area (Å²) >= 11 is 1.43. The van der Waals surface area contributed by atoms with Crippen molar-refractivity contribution in [3.05, 3.63) is 47.8 Å². The average Bonchev–Trinajstić information content (AvgIpc) is 3.15. The molecule has 4 rings (SSSR count). The van der Waals surface area contributed by atoms with Crippen molar-refractivity contribution in [2.24, 2.45) is 0 Å². The van der Waals surface area contributed by atoms with E-state index in [0.717, 1.165) is 21.2 Å². The molecule has 3 heterocycles. The smallest absolute Gasteiger partial charge is 0.268 e. The van der Waals surface area contributed by atoms with Crippen LogP contribution >= 0.6 is 11.3 Å². The Morgan fingerprint density at radius 2 is 2.10 bits per heavy atom. The summed E-state index contributed by atoms with van der Waals surface area (Å²) in [5, 5.41) is 4.81. The van der Waals surface area contributed by atoms with Crippen molar-refractivity contribution in [3.8, 4) is 16.5 Å². The third-order valence-corrected chi connectivity index (χ3v) is 4.19. The molecule has 0 bridgehead atoms. The van der Waals surface area contributed by atoms with Gasteiger partial charge in [-0.15, -0.1) is 11.3 Å². The molecular weight excluding hydrogens is 274 g/mol. The van der Waals surface area contributed by atoms with Gasteiger partial charge in [-0.1, -0.05) is 23.4 Å². The number of nitrogens with two attached hydrogens (primary N) is 1. The first-order chi connectivity index (χ1) is 9.81. The monoisotopic (exact) mass is 285 g/mol. The van der Waals surface area contributed by atoms with Gasteiger partial charge in [-0.3, -0.25) is 0 Å². The summed E-state index contributed by atoms with van der Waals surface area (Å²) in [7, 11) is 0. The van der Waals surface area contributed by atoms with Gasteiger partial charge in [0, 0.05) is 5.56 Å². The molecule has 1 unspecified atom stereocenters. The highest BCUT2D eigenvalue weighted by atomic mass is 32.1. The molecule has 6 heteroatoms. The first-order valence-corrected chi connectivity index (χ1v) is 7.04. The first-order valence-electron chi connectivity index (χ1n) is 6.22. The molecule has 2 N–H and O–H groups in total. The van der Waals surface area contributed by atoms with Crippen LogP contribution in [0, 0.1) is 0 Å². The Labute approximate surface area is 119 Å². The zero-order valence-electron chi connectivity index (χ0n) is 10.4. The molecule has 2 aromatic heterocycles. The zero-order chi connectivity index (χ0) is 13.5. The summed E-state index contributed by atoms with van der Waals surface area (Å²) in [6.45, 7) is 0.547. The quantitative estimate of drug-likeness (QED) is 0.783. The summed E-state index contributed by atoms with van der Waals surface area (Å²) in [4.78, 5) is 5.35. The number of thiophene rings is 1. The van der Waals surface area contributed by atoms with Crippen molar-refractivity contribution in [2.75, 3.05) is 12.3 Å². The van der Waals surface area contributed by atoms with Crippen LogP contribution in [0.25, 0.3) is 10.8 Å². The molecule has 5 nitrogen and oxygen atoms in total. The van der Waals surface area contributed by atoms with E-state index in [1.54, 1.807) is 0 Å². The van der Waals surface area contributed by atoms with Gasteiger partial charge in [-0.25, -0.2) is 0 Å². The van der Waals surface area contributed by atoms with Crippen molar-refractivity contribution < 1.29 is 9.26 Å². The lowest BCUT2D eigenvalue weighted by Gasteiger charge is -2.01. The minimum absolute atomic E-state index is 0.0287. The van der Waals surface area contributed by atoms with E-state index in [4.69, 9.17) is 15.0 Å². The molecule has 0 amide bonds. The van der Waals surface area contributed by atoms with Crippen LogP contribution in [0.2, 0.25) is 0 Å². The van der Waals surface area contributed by atoms with E-state index < -0.39 is 0 Å². The number of hydrogen-bond acceptors (Lipinski definition) is 6. The first kappa shape index (κ1) is 11.5. The number of ether oxygens (including phenoxy) is 1. The fraction of sp³-hybridized carbons (Fsp3) is 0.143. The molecule has 1 aromatic carbocycles. The fourth-order valence-electron chi connectivity index (χ4n) is 2.32. The maximum absolute atomic E-state index is 5.72. The van der Waals surface area contributed by atoms with Gasteiger partial charge in [0.05, 0.1) is 15.8 Å². The molecule has 0 fully saturated rings. The lowest BCUT2D eigenvalue weighted by molar-refractivity contribution is 0.335. The number of nitrogen functional groups attached to an aromatic ring is 1. The predicted molar refractivity (Wildman–Crippen MR) is 75.8 cm³/mol. The number of anilines is 1. The normalized spacial score (nSPS) is 16.9. The minimum atomic E-state index is 0.0287. The van der Waals surface area contributed by atoms with Crippen LogP contribution in [0.1, 0.15) is 17.3 Å². The molecule has 0 spiro atoms. The summed E-state index contributed by atoms with van der Waals surface area (Å²) in [5.74, 6) is 2.08. The maximum Gasteiger partial charge on any atom is 0.268 e. The standard InChI is InChI=1S/C14H11N3O2S/c15-12-6-5-11(20-12)14-16-13(17-19-14)9-7-18-10-4-2-1-3-8(9)10/h1-6,9H,7,15H2. The van der Waals surface area contributed by atoms with E-state index in [1.165, 1.54) is 11.3 Å². The van der Waals surface area contributed by atoms with E-state index in [2.05, 4.69) is 10.1 Å². The highest BCUT2D eigenvalue weighted by molar-refractivity contribution is 7.19. The number of hydrogen-bond donors (Lipinski definition) is 1. The summed E-state index contributed by atoms with van der Waals surface area (Å²) in [6.07, 6.45) is 0. The van der Waals surface area contributed by atoms with Gasteiger partial charge < -0.3 is 15.0 Å². The van der Waals surface area contributed by atoms with Gasteiger partial charge >= 0.3 is 0 Å². The highest BCUT2D eigenvalue weighted by Crippen LogP contribution is 2.37. The lowest BCUT2D eigenvalue weighted by atomic mass is 10.0. The van der Waals surface area contributed by atoms with E-state index in [9.17, 15) is 0 Å². The van der Waals surface area contributed by atoms with E-state index in [0.29, 0.717) is 18.3 Å². The Balaban J connectivity index is 1.70. The van der Waals surface area contributed by atoms with Crippen LogP contribution in [0.3, 0.4) is 0 Å². The maximum atomic E-state index is 5.72. The van der Waals surface area contributed by atoms with Gasteiger partial charge in [-0.05, 0) is 18.2 Å². The Bertz CT molecular complexity index is 765. The molecule has 1 atom stereocenters. The summed E-state index contributed by atoms with van der Waals surface area (Å²) in [5.41, 5.74) is 6.82. The third-order valence-electron chi connectivity index (χ3n) is 3.29. The van der Waals surface area contributed by atoms with Crippen LogP contribution < -0.4 is 10.5 Å². The van der Waals surface area contributed by atoms with Crippen LogP contribution in [-0.4, -0.2) is 16.7 Å². The van der Waals surface area contributed by atoms with Gasteiger partial charge in [0.1, 0.15) is 12.4 Å². The molecule has 0 aliphatic carbocycles. The van der Waals surface area contributed by atoms with Gasteiger partial charge in [0.25, 0.3) is 5.89 Å². The van der Waals surface area contributed by atoms with Crippen LogP contribution in [0.4, 0.5) is 5.00 Å². The number of para-hydroxylation sites is 1. The molecule has 3 aromatic rings. The second-order valence-corrected chi connectivity index (χ2v) is 5.68. The van der Waals surface area contributed by atoms with Crippen molar-refractivity contribution >= 4 is 16.3 Å². The van der Waals surface area contributed by atoms with E-state index in [1.807, 2.05) is 36.4 Å². The SMILES string of the molecule is Nc1ccc(-c2nc(C3COc4ccccc43)no2)s1. The molecule has 1 aliphatic heterocycles. The van der Waals surface area contributed by atoms with Gasteiger partial charge in [-0.2, -0.15) is 4.98 Å². The van der Waals surface area contributed by atoms with Crippen LogP contribution in [0.15, 0.2) is 40.9 Å². The fourth-order valence-corrected chi connectivity index (χ4v) is 3.02. The average molecular weight is 285 g/mol. The lowest BCUT2D eigenvalue weighted by Crippen LogP contribution is -2.04. The Kier molecular flexibility index (Phi) is 2.50. The number of aromatic nitrogens is 2. The zero-order valence-corrected chi connectivity index (χ0v) is 11.3. The van der Waals surface area contributed by atoms with Gasteiger partial charge in [0.15, 0.2) is 5.82 Å². The number of nitrogens with zero attached hydrogens (tertiary/aromatic N) is 2. The van der Waals surface area contributed by atoms with E-state index >= 15 is 0 Å². The molecule has 20 heavy (non-hydrogen) atoms. The molecule has 0 saturated heterocycles. The topological polar surface area (TPSA) is 74.2 Å². The predicted octanol–water partition coefficient (Wildman–Crippen LogP) is 2.90. The Hall–Kier alpha value is -2.34. The molecular formula is C14H11N3O2S. The Morgan fingerprint density at radius 3 is 2.95 bits per heavy atom. The van der Waals surface area contributed by atoms with Crippen LogP contribution in [-0.2, 0) is 0 Å². The van der Waals surface area contributed by atoms with E-state index in [-0.39, 0.29) is 5.92 Å². The van der Waals surface area contributed by atoms with Crippen LogP contribution in [0.5, 0.6) is 5.75 Å². The molecule has 1 aliphatic rings. The second-order valence-electron chi connectivity index (χ2n) is 4.56. The molecule has 0 saturated carbocycles. The van der Waals surface area contributed by atoms with Crippen molar-refractivity contribution in [1.29, 1.82) is 0 Å². The second kappa shape index (κ2) is 4.35. The number of rotatable bonds is 2. The molecule has 0 radical (unpaired) electrons. The van der Waals surface area contributed by atoms with Crippen molar-refractivity contribution in [3.63, 3.8) is 0 Å². The summed E-state index contributed by atoms with van der Waals surface area (Å²) < 4.78 is 11.0. The van der Waals surface area contributed by atoms with Gasteiger partial charge in [0.2, 0.25) is 0 Å².